The number of halogens is 1. The Labute approximate surface area is 93.3 Å². The molecule has 0 spiro atoms. The van der Waals surface area contributed by atoms with Gasteiger partial charge in [0.1, 0.15) is 15.7 Å². The van der Waals surface area contributed by atoms with Gasteiger partial charge in [-0.25, -0.2) is 13.1 Å². The zero-order valence-corrected chi connectivity index (χ0v) is 10.2. The quantitative estimate of drug-likeness (QED) is 0.623. The summed E-state index contributed by atoms with van der Waals surface area (Å²) in [5, 5.41) is -0.505. The molecule has 1 aliphatic rings. The van der Waals surface area contributed by atoms with Gasteiger partial charge < -0.3 is 0 Å². The molecule has 0 unspecified atom stereocenters. The Bertz CT molecular complexity index is 500. The van der Waals surface area contributed by atoms with E-state index in [4.69, 9.17) is 0 Å². The molecule has 7 heteroatoms. The van der Waals surface area contributed by atoms with E-state index in [9.17, 15) is 8.42 Å². The first-order valence-electron chi connectivity index (χ1n) is 4.17. The number of fused-ring (bicyclic) bond motifs is 1. The molecular weight excluding hydrogens is 264 g/mol. The van der Waals surface area contributed by atoms with Crippen LogP contribution in [-0.4, -0.2) is 24.1 Å². The van der Waals surface area contributed by atoms with Gasteiger partial charge in [-0.3, -0.25) is 0 Å². The number of benzene rings is 1. The minimum absolute atomic E-state index is 0.372. The van der Waals surface area contributed by atoms with Crippen LogP contribution in [0.1, 0.15) is 5.56 Å². The van der Waals surface area contributed by atoms with Crippen molar-refractivity contribution in [1.29, 1.82) is 0 Å². The number of hydrogen-bond acceptors (Lipinski definition) is 2. The van der Waals surface area contributed by atoms with Gasteiger partial charge in [-0.2, -0.15) is 0 Å². The molecule has 0 amide bonds. The van der Waals surface area contributed by atoms with Crippen LogP contribution in [0.4, 0.5) is 0 Å². The standard InChI is InChI=1S/C7H8B2BrNO2S/c8-7(9)5-2-1-4(10)3-6(5)14(12,13)11-7/h1-3,11H,8-9H2. The van der Waals surface area contributed by atoms with E-state index < -0.39 is 15.4 Å². The van der Waals surface area contributed by atoms with Gasteiger partial charge in [0.15, 0.2) is 0 Å². The third kappa shape index (κ3) is 1.43. The van der Waals surface area contributed by atoms with E-state index in [-0.39, 0.29) is 0 Å². The van der Waals surface area contributed by atoms with Gasteiger partial charge in [-0.15, -0.1) is 0 Å². The lowest BCUT2D eigenvalue weighted by Crippen LogP contribution is -2.40. The zero-order chi connectivity index (χ0) is 10.6. The maximum Gasteiger partial charge on any atom is 0.240 e. The molecule has 0 aromatic heterocycles. The SMILES string of the molecule is BC1(B)NS(=O)(=O)c2cc(Br)ccc21. The predicted octanol–water partition coefficient (Wildman–Crippen LogP) is -0.883. The average Bonchev–Trinajstić information content (AvgIpc) is 2.17. The summed E-state index contributed by atoms with van der Waals surface area (Å²) in [6.45, 7) is 0. The molecule has 0 aliphatic carbocycles. The summed E-state index contributed by atoms with van der Waals surface area (Å²) in [4.78, 5) is 0.372. The molecule has 0 radical (unpaired) electrons. The van der Waals surface area contributed by atoms with Crippen molar-refractivity contribution >= 4 is 41.6 Å². The number of nitrogens with one attached hydrogen (secondary N) is 1. The van der Waals surface area contributed by atoms with Crippen molar-refractivity contribution in [3.8, 4) is 0 Å². The monoisotopic (exact) mass is 271 g/mol. The van der Waals surface area contributed by atoms with Gasteiger partial charge >= 0.3 is 0 Å². The highest BCUT2D eigenvalue weighted by atomic mass is 79.9. The van der Waals surface area contributed by atoms with E-state index in [1.54, 1.807) is 6.07 Å². The molecule has 0 bridgehead atoms. The number of rotatable bonds is 0. The van der Waals surface area contributed by atoms with E-state index in [0.717, 1.165) is 10.0 Å². The van der Waals surface area contributed by atoms with Crippen LogP contribution in [0.5, 0.6) is 0 Å². The molecule has 1 heterocycles. The van der Waals surface area contributed by atoms with E-state index in [2.05, 4.69) is 20.7 Å². The second-order valence-corrected chi connectivity index (χ2v) is 6.44. The van der Waals surface area contributed by atoms with Crippen molar-refractivity contribution in [2.45, 2.75) is 10.2 Å². The third-order valence-electron chi connectivity index (χ3n) is 2.30. The van der Waals surface area contributed by atoms with Crippen molar-refractivity contribution in [2.24, 2.45) is 0 Å². The van der Waals surface area contributed by atoms with E-state index >= 15 is 0 Å². The average molecular weight is 272 g/mol. The van der Waals surface area contributed by atoms with Crippen LogP contribution in [0.2, 0.25) is 0 Å². The molecular formula is C7H8B2BrNO2S. The second-order valence-electron chi connectivity index (χ2n) is 3.87. The summed E-state index contributed by atoms with van der Waals surface area (Å²) in [6.07, 6.45) is 0. The summed E-state index contributed by atoms with van der Waals surface area (Å²) in [5.74, 6) is 0. The Kier molecular flexibility index (Phi) is 2.10. The van der Waals surface area contributed by atoms with Crippen LogP contribution in [0.3, 0.4) is 0 Å². The largest absolute Gasteiger partial charge is 0.240 e. The van der Waals surface area contributed by atoms with E-state index in [1.807, 2.05) is 27.8 Å². The van der Waals surface area contributed by atoms with Crippen molar-refractivity contribution < 1.29 is 8.42 Å². The molecule has 72 valence electrons. The summed E-state index contributed by atoms with van der Waals surface area (Å²) in [5.41, 5.74) is 0.820. The molecule has 0 atom stereocenters. The van der Waals surface area contributed by atoms with Crippen molar-refractivity contribution in [1.82, 2.24) is 4.72 Å². The van der Waals surface area contributed by atoms with E-state index in [1.165, 1.54) is 0 Å². The molecule has 1 N–H and O–H groups in total. The van der Waals surface area contributed by atoms with Crippen LogP contribution >= 0.6 is 15.9 Å². The molecule has 1 aliphatic heterocycles. The summed E-state index contributed by atoms with van der Waals surface area (Å²) >= 11 is 3.26. The Morgan fingerprint density at radius 2 is 2.00 bits per heavy atom. The summed E-state index contributed by atoms with van der Waals surface area (Å²) < 4.78 is 26.8. The van der Waals surface area contributed by atoms with Gasteiger partial charge in [0.25, 0.3) is 0 Å². The Balaban J connectivity index is 2.79. The number of hydrogen-bond donors (Lipinski definition) is 1. The van der Waals surface area contributed by atoms with Crippen molar-refractivity contribution in [3.63, 3.8) is 0 Å². The Morgan fingerprint density at radius 1 is 1.36 bits per heavy atom. The van der Waals surface area contributed by atoms with Crippen LogP contribution in [0.15, 0.2) is 27.6 Å². The lowest BCUT2D eigenvalue weighted by atomic mass is 9.59. The molecule has 1 aromatic carbocycles. The van der Waals surface area contributed by atoms with Gasteiger partial charge in [0, 0.05) is 4.47 Å². The van der Waals surface area contributed by atoms with Crippen molar-refractivity contribution in [3.05, 3.63) is 28.2 Å². The molecule has 0 saturated heterocycles. The highest BCUT2D eigenvalue weighted by Gasteiger charge is 2.39. The fourth-order valence-electron chi connectivity index (χ4n) is 1.68. The van der Waals surface area contributed by atoms with Gasteiger partial charge in [-0.1, -0.05) is 22.0 Å². The van der Waals surface area contributed by atoms with Crippen molar-refractivity contribution in [2.75, 3.05) is 0 Å². The summed E-state index contributed by atoms with van der Waals surface area (Å²) in [7, 11) is 0.387. The highest BCUT2D eigenvalue weighted by Crippen LogP contribution is 2.33. The maximum atomic E-state index is 11.7. The smallest absolute Gasteiger partial charge is 0.217 e. The first kappa shape index (κ1) is 10.3. The molecule has 0 fully saturated rings. The third-order valence-corrected chi connectivity index (χ3v) is 4.49. The first-order chi connectivity index (χ1) is 6.33. The molecule has 0 saturated carbocycles. The van der Waals surface area contributed by atoms with Gasteiger partial charge in [-0.05, 0) is 23.0 Å². The van der Waals surface area contributed by atoms with Gasteiger partial charge in [0.05, 0.1) is 4.90 Å². The molecule has 1 aromatic rings. The molecule has 3 nitrogen and oxygen atoms in total. The molecule has 2 rings (SSSR count). The maximum absolute atomic E-state index is 11.7. The van der Waals surface area contributed by atoms with Crippen LogP contribution < -0.4 is 4.72 Å². The van der Waals surface area contributed by atoms with Crippen LogP contribution in [0, 0.1) is 0 Å². The Morgan fingerprint density at radius 3 is 2.64 bits per heavy atom. The fraction of sp³-hybridized carbons (Fsp3) is 0.143. The number of sulfonamides is 1. The lowest BCUT2D eigenvalue weighted by Gasteiger charge is -2.17. The molecule has 14 heavy (non-hydrogen) atoms. The van der Waals surface area contributed by atoms with Crippen LogP contribution in [0.25, 0.3) is 0 Å². The zero-order valence-electron chi connectivity index (χ0n) is 7.83. The lowest BCUT2D eigenvalue weighted by molar-refractivity contribution is 0.585. The Hall–Kier alpha value is -0.260. The fourth-order valence-corrected chi connectivity index (χ4v) is 3.98. The predicted molar refractivity (Wildman–Crippen MR) is 63.2 cm³/mol. The van der Waals surface area contributed by atoms with Crippen LogP contribution in [-0.2, 0) is 15.4 Å². The highest BCUT2D eigenvalue weighted by molar-refractivity contribution is 9.10. The first-order valence-corrected chi connectivity index (χ1v) is 6.44. The second kappa shape index (κ2) is 2.87. The topological polar surface area (TPSA) is 46.2 Å². The van der Waals surface area contributed by atoms with Gasteiger partial charge in [0.2, 0.25) is 10.0 Å². The summed E-state index contributed by atoms with van der Waals surface area (Å²) in [6, 6.07) is 5.31. The normalized spacial score (nSPS) is 21.8. The minimum atomic E-state index is -3.32. The minimum Gasteiger partial charge on any atom is -0.217 e. The van der Waals surface area contributed by atoms with E-state index in [0.29, 0.717) is 4.90 Å².